The van der Waals surface area contributed by atoms with Crippen molar-refractivity contribution in [2.24, 2.45) is 0 Å². The average Bonchev–Trinajstić information content (AvgIpc) is 3.10. The zero-order valence-corrected chi connectivity index (χ0v) is 17.6. The van der Waals surface area contributed by atoms with Crippen molar-refractivity contribution < 1.29 is 34.0 Å². The molecule has 0 amide bonds. The third-order valence-corrected chi connectivity index (χ3v) is 6.13. The molecule has 7 nitrogen and oxygen atoms in total. The molecule has 3 aromatic rings. The smallest absolute Gasteiger partial charge is 0.342 e. The average molecular weight is 415 g/mol. The number of benzene rings is 2. The predicted molar refractivity (Wildman–Crippen MR) is 113 cm³/mol. The number of nitrogens with one attached hydrogen (secondary N) is 2. The minimum Gasteiger partial charge on any atom is -0.507 e. The van der Waals surface area contributed by atoms with Gasteiger partial charge in [0.15, 0.2) is 0 Å². The Balaban J connectivity index is 1.82. The number of carbonyl (C=O) groups is 1. The molecule has 4 N–H and O–H groups in total. The van der Waals surface area contributed by atoms with E-state index in [1.165, 1.54) is 9.80 Å². The number of ether oxygens (including phenoxy) is 1. The van der Waals surface area contributed by atoms with E-state index in [2.05, 4.69) is 0 Å². The van der Waals surface area contributed by atoms with Gasteiger partial charge >= 0.3 is 5.97 Å². The molecule has 0 bridgehead atoms. The molecule has 1 aliphatic rings. The molecule has 1 aliphatic heterocycles. The molecule has 1 fully saturated rings. The minimum atomic E-state index is -0.420. The van der Waals surface area contributed by atoms with Gasteiger partial charge in [-0.1, -0.05) is 24.3 Å². The van der Waals surface area contributed by atoms with Crippen LogP contribution in [0, 0.1) is 6.92 Å². The highest BCUT2D eigenvalue weighted by atomic mass is 16.5. The fraction of sp³-hybridized carbons (Fsp3) is 0.435. The summed E-state index contributed by atoms with van der Waals surface area (Å²) < 4.78 is 11.4. The summed E-state index contributed by atoms with van der Waals surface area (Å²) in [5.41, 5.74) is 1.78. The van der Waals surface area contributed by atoms with Crippen LogP contribution in [0.1, 0.15) is 28.6 Å². The Morgan fingerprint density at radius 1 is 1.13 bits per heavy atom. The number of aryl methyl sites for hydroxylation is 1. The number of quaternary nitrogens is 2. The van der Waals surface area contributed by atoms with E-state index in [1.54, 1.807) is 13.8 Å². The van der Waals surface area contributed by atoms with Crippen molar-refractivity contribution in [3.05, 3.63) is 41.2 Å². The normalized spacial score (nSPS) is 19.4. The molecular weight excluding hydrogens is 384 g/mol. The quantitative estimate of drug-likeness (QED) is 0.428. The zero-order chi connectivity index (χ0) is 21.3. The van der Waals surface area contributed by atoms with Crippen molar-refractivity contribution in [2.45, 2.75) is 20.4 Å². The third-order valence-electron chi connectivity index (χ3n) is 6.13. The topological polar surface area (TPSA) is 88.8 Å². The molecule has 160 valence electrons. The molecule has 0 radical (unpaired) electrons. The maximum atomic E-state index is 12.7. The van der Waals surface area contributed by atoms with Crippen molar-refractivity contribution in [1.82, 2.24) is 0 Å². The molecule has 0 spiro atoms. The second-order valence-electron chi connectivity index (χ2n) is 7.98. The first-order valence-corrected chi connectivity index (χ1v) is 10.7. The highest BCUT2D eigenvalue weighted by molar-refractivity contribution is 6.16. The van der Waals surface area contributed by atoms with Crippen LogP contribution >= 0.6 is 0 Å². The van der Waals surface area contributed by atoms with Crippen LogP contribution in [-0.4, -0.2) is 62.1 Å². The van der Waals surface area contributed by atoms with Crippen LogP contribution in [0.5, 0.6) is 5.75 Å². The lowest BCUT2D eigenvalue weighted by Crippen LogP contribution is -3.27. The van der Waals surface area contributed by atoms with E-state index in [1.807, 2.05) is 24.3 Å². The number of hydrogen-bond acceptors (Lipinski definition) is 5. The maximum absolute atomic E-state index is 12.7. The third kappa shape index (κ3) is 3.64. The van der Waals surface area contributed by atoms with Crippen LogP contribution in [0.15, 0.2) is 28.7 Å². The van der Waals surface area contributed by atoms with Crippen molar-refractivity contribution in [1.29, 1.82) is 0 Å². The monoisotopic (exact) mass is 414 g/mol. The summed E-state index contributed by atoms with van der Waals surface area (Å²) in [5.74, 6) is 0.298. The van der Waals surface area contributed by atoms with Crippen LogP contribution in [-0.2, 0) is 11.3 Å². The molecule has 1 aromatic heterocycles. The largest absolute Gasteiger partial charge is 0.507 e. The van der Waals surface area contributed by atoms with E-state index in [0.29, 0.717) is 28.8 Å². The molecule has 2 aromatic carbocycles. The van der Waals surface area contributed by atoms with Gasteiger partial charge in [-0.15, -0.1) is 0 Å². The number of fused-ring (bicyclic) bond motifs is 3. The summed E-state index contributed by atoms with van der Waals surface area (Å²) >= 11 is 0. The standard InChI is InChI=1S/C23H28N2O5/c1-3-29-23(28)19-15(2)30-22-17-7-5-4-6-16(17)21(27)18(20(19)22)14-25-10-8-24(9-11-25)12-13-26/h4-7,26-27H,3,8-14H2,1-2H3/p+2. The second-order valence-corrected chi connectivity index (χ2v) is 7.98. The number of aliphatic hydroxyl groups excluding tert-OH is 1. The predicted octanol–water partition coefficient (Wildman–Crippen LogP) is 0.0524. The first-order valence-electron chi connectivity index (χ1n) is 10.7. The summed E-state index contributed by atoms with van der Waals surface area (Å²) in [6.07, 6.45) is 0. The second kappa shape index (κ2) is 8.63. The highest BCUT2D eigenvalue weighted by Crippen LogP contribution is 2.41. The number of hydrogen-bond donors (Lipinski definition) is 4. The summed E-state index contributed by atoms with van der Waals surface area (Å²) in [6.45, 7) is 9.23. The number of esters is 1. The Bertz CT molecular complexity index is 1070. The SMILES string of the molecule is CCOC(=O)c1c(C)oc2c1c(C[NH+]1CC[NH+](CCO)CC1)c(O)c1ccccc12. The summed E-state index contributed by atoms with van der Waals surface area (Å²) in [4.78, 5) is 15.5. The van der Waals surface area contributed by atoms with Crippen LogP contribution in [0.4, 0.5) is 0 Å². The van der Waals surface area contributed by atoms with E-state index < -0.39 is 5.97 Å². The Morgan fingerprint density at radius 2 is 1.80 bits per heavy atom. The number of furan rings is 1. The van der Waals surface area contributed by atoms with Crippen molar-refractivity contribution in [3.63, 3.8) is 0 Å². The molecule has 7 heteroatoms. The van der Waals surface area contributed by atoms with E-state index in [4.69, 9.17) is 9.15 Å². The van der Waals surface area contributed by atoms with Gasteiger partial charge in [-0.25, -0.2) is 4.79 Å². The number of aromatic hydroxyl groups is 1. The van der Waals surface area contributed by atoms with Gasteiger partial charge in [-0.3, -0.25) is 0 Å². The number of phenols is 1. The molecular formula is C23H30N2O5+2. The van der Waals surface area contributed by atoms with E-state index in [9.17, 15) is 15.0 Å². The van der Waals surface area contributed by atoms with Crippen LogP contribution < -0.4 is 9.80 Å². The van der Waals surface area contributed by atoms with Gasteiger partial charge in [-0.2, -0.15) is 0 Å². The fourth-order valence-electron chi connectivity index (χ4n) is 4.60. The van der Waals surface area contributed by atoms with Crippen molar-refractivity contribution in [3.8, 4) is 5.75 Å². The first-order chi connectivity index (χ1) is 14.5. The Labute approximate surface area is 175 Å². The Morgan fingerprint density at radius 3 is 2.47 bits per heavy atom. The van der Waals surface area contributed by atoms with Crippen LogP contribution in [0.3, 0.4) is 0 Å². The molecule has 0 saturated carbocycles. The molecule has 4 rings (SSSR count). The van der Waals surface area contributed by atoms with Crippen LogP contribution in [0.25, 0.3) is 21.7 Å². The number of carbonyl (C=O) groups excluding carboxylic acids is 1. The maximum Gasteiger partial charge on any atom is 0.342 e. The molecule has 30 heavy (non-hydrogen) atoms. The highest BCUT2D eigenvalue weighted by Gasteiger charge is 2.30. The number of aliphatic hydroxyl groups is 1. The summed E-state index contributed by atoms with van der Waals surface area (Å²) in [5, 5.41) is 22.6. The summed E-state index contributed by atoms with van der Waals surface area (Å²) in [6, 6.07) is 7.58. The lowest BCUT2D eigenvalue weighted by Gasteiger charge is -2.29. The van der Waals surface area contributed by atoms with Gasteiger partial charge in [0.2, 0.25) is 0 Å². The molecule has 0 aliphatic carbocycles. The Kier molecular flexibility index (Phi) is 5.94. The van der Waals surface area contributed by atoms with E-state index in [0.717, 1.165) is 49.1 Å². The molecule has 1 saturated heterocycles. The van der Waals surface area contributed by atoms with E-state index >= 15 is 0 Å². The molecule has 0 atom stereocenters. The lowest BCUT2D eigenvalue weighted by molar-refractivity contribution is -1.02. The van der Waals surface area contributed by atoms with Gasteiger partial charge in [0.05, 0.1) is 18.8 Å². The van der Waals surface area contributed by atoms with Crippen LogP contribution in [0.2, 0.25) is 0 Å². The molecule has 2 heterocycles. The summed E-state index contributed by atoms with van der Waals surface area (Å²) in [7, 11) is 0. The number of piperazine rings is 1. The molecule has 0 unspecified atom stereocenters. The van der Waals surface area contributed by atoms with Gasteiger partial charge in [-0.05, 0) is 13.8 Å². The number of phenolic OH excluding ortho intramolecular Hbond substituents is 1. The van der Waals surface area contributed by atoms with Gasteiger partial charge in [0.1, 0.15) is 61.9 Å². The first kappa shape index (κ1) is 20.7. The minimum absolute atomic E-state index is 0.202. The number of rotatable bonds is 6. The van der Waals surface area contributed by atoms with Crippen molar-refractivity contribution >= 4 is 27.7 Å². The van der Waals surface area contributed by atoms with Gasteiger partial charge in [0, 0.05) is 16.2 Å². The van der Waals surface area contributed by atoms with E-state index in [-0.39, 0.29) is 19.0 Å². The lowest BCUT2D eigenvalue weighted by atomic mass is 9.97. The Hall–Kier alpha value is -2.61. The van der Waals surface area contributed by atoms with Crippen molar-refractivity contribution in [2.75, 3.05) is 45.9 Å². The zero-order valence-electron chi connectivity index (χ0n) is 17.6. The fourth-order valence-corrected chi connectivity index (χ4v) is 4.60. The van der Waals surface area contributed by atoms with Gasteiger partial charge < -0.3 is 29.2 Å². The van der Waals surface area contributed by atoms with Gasteiger partial charge in [0.25, 0.3) is 0 Å².